The maximum atomic E-state index is 12.5. The Labute approximate surface area is 207 Å². The molecule has 5 rings (SSSR count). The van der Waals surface area contributed by atoms with Crippen LogP contribution in [0.15, 0.2) is 35.5 Å². The molecule has 1 aromatic carbocycles. The van der Waals surface area contributed by atoms with Crippen LogP contribution >= 0.6 is 0 Å². The van der Waals surface area contributed by atoms with Crippen LogP contribution in [0.3, 0.4) is 0 Å². The molecule has 36 heavy (non-hydrogen) atoms. The first-order valence-corrected chi connectivity index (χ1v) is 12.2. The van der Waals surface area contributed by atoms with E-state index >= 15 is 0 Å². The lowest BCUT2D eigenvalue weighted by molar-refractivity contribution is -0.174. The molecule has 1 unspecified atom stereocenters. The highest BCUT2D eigenvalue weighted by Crippen LogP contribution is 2.37. The largest absolute Gasteiger partial charge is 0.471 e. The van der Waals surface area contributed by atoms with E-state index in [9.17, 15) is 23.1 Å². The number of piperidine rings is 1. The molecule has 2 aromatic rings. The van der Waals surface area contributed by atoms with E-state index in [1.165, 1.54) is 0 Å². The minimum absolute atomic E-state index is 0.0132. The number of carbonyl (C=O) groups is 1. The molecule has 1 aromatic heterocycles. The first kappa shape index (κ1) is 24.5. The third kappa shape index (κ3) is 4.63. The van der Waals surface area contributed by atoms with Gasteiger partial charge in [-0.15, -0.1) is 0 Å². The summed E-state index contributed by atoms with van der Waals surface area (Å²) >= 11 is 0. The van der Waals surface area contributed by atoms with Crippen molar-refractivity contribution < 1.29 is 23.1 Å². The molecule has 0 saturated carbocycles. The van der Waals surface area contributed by atoms with Gasteiger partial charge in [-0.1, -0.05) is 25.1 Å². The number of para-hydroxylation sites is 1. The van der Waals surface area contributed by atoms with Crippen molar-refractivity contribution in [2.45, 2.75) is 44.8 Å². The number of amidine groups is 1. The van der Waals surface area contributed by atoms with Gasteiger partial charge in [-0.3, -0.25) is 9.79 Å². The Morgan fingerprint density at radius 1 is 1.22 bits per heavy atom. The average Bonchev–Trinajstić information content (AvgIpc) is 3.29. The molecule has 1 fully saturated rings. The van der Waals surface area contributed by atoms with Crippen molar-refractivity contribution in [1.29, 1.82) is 0 Å². The van der Waals surface area contributed by atoms with Gasteiger partial charge in [0.2, 0.25) is 0 Å². The second-order valence-electron chi connectivity index (χ2n) is 10.0. The summed E-state index contributed by atoms with van der Waals surface area (Å²) in [6, 6.07) is 8.05. The molecular weight excluding hydrogens is 473 g/mol. The first-order valence-electron chi connectivity index (χ1n) is 12.2. The van der Waals surface area contributed by atoms with Crippen LogP contribution in [0.5, 0.6) is 0 Å². The maximum Gasteiger partial charge on any atom is 0.471 e. The Bertz CT molecular complexity index is 1180. The lowest BCUT2D eigenvalue weighted by Crippen LogP contribution is -2.47. The van der Waals surface area contributed by atoms with Gasteiger partial charge >= 0.3 is 12.1 Å². The van der Waals surface area contributed by atoms with Crippen molar-refractivity contribution in [3.63, 3.8) is 0 Å². The number of hydrogen-bond acceptors (Lipinski definition) is 7. The maximum absolute atomic E-state index is 12.5. The summed E-state index contributed by atoms with van der Waals surface area (Å²) in [4.78, 5) is 29.7. The van der Waals surface area contributed by atoms with Crippen LogP contribution in [-0.2, 0) is 11.3 Å². The molecule has 1 atom stereocenters. The van der Waals surface area contributed by atoms with Crippen LogP contribution in [0.25, 0.3) is 0 Å². The summed E-state index contributed by atoms with van der Waals surface area (Å²) in [7, 11) is 0. The predicted octanol–water partition coefficient (Wildman–Crippen LogP) is 3.01. The number of alkyl halides is 3. The number of aliphatic hydroxyl groups excluding tert-OH is 1. The van der Waals surface area contributed by atoms with Crippen LogP contribution in [0.1, 0.15) is 49.1 Å². The molecule has 2 N–H and O–H groups in total. The standard InChI is InChI=1S/C25H29F3N6O2/c1-24(15-31-23(36)25(26,27)28)7-10-33(11-8-24)20-13-29-21-18(32-20)12-30-22(21)34-9-6-16(14-35)17-4-2-3-5-19(17)34/h2-5,13,16,35H,6-12,14-15H2,1H3,(H,31,36). The van der Waals surface area contributed by atoms with Gasteiger partial charge in [0, 0.05) is 37.8 Å². The monoisotopic (exact) mass is 502 g/mol. The number of aliphatic imine (C=N–C) groups is 1. The number of amides is 1. The topological polar surface area (TPSA) is 94.0 Å². The summed E-state index contributed by atoms with van der Waals surface area (Å²) < 4.78 is 37.5. The molecule has 4 heterocycles. The van der Waals surface area contributed by atoms with Crippen molar-refractivity contribution in [2.75, 3.05) is 42.6 Å². The highest BCUT2D eigenvalue weighted by atomic mass is 19.4. The van der Waals surface area contributed by atoms with E-state index in [0.29, 0.717) is 32.5 Å². The number of aliphatic hydroxyl groups is 1. The van der Waals surface area contributed by atoms with E-state index in [-0.39, 0.29) is 19.1 Å². The van der Waals surface area contributed by atoms with Crippen molar-refractivity contribution in [2.24, 2.45) is 10.4 Å². The van der Waals surface area contributed by atoms with Gasteiger partial charge in [-0.05, 0) is 36.3 Å². The van der Waals surface area contributed by atoms with Crippen LogP contribution in [0.2, 0.25) is 0 Å². The van der Waals surface area contributed by atoms with Crippen LogP contribution in [0, 0.1) is 5.41 Å². The molecule has 0 aliphatic carbocycles. The summed E-state index contributed by atoms with van der Waals surface area (Å²) in [5, 5.41) is 11.8. The smallest absolute Gasteiger partial charge is 0.396 e. The quantitative estimate of drug-likeness (QED) is 0.668. The molecule has 3 aliphatic heterocycles. The fraction of sp³-hybridized carbons (Fsp3) is 0.520. The number of anilines is 2. The number of rotatable bonds is 4. The van der Waals surface area contributed by atoms with E-state index in [0.717, 1.165) is 47.3 Å². The number of aromatic nitrogens is 2. The van der Waals surface area contributed by atoms with Crippen molar-refractivity contribution in [3.8, 4) is 0 Å². The zero-order valence-electron chi connectivity index (χ0n) is 20.1. The Morgan fingerprint density at radius 3 is 2.69 bits per heavy atom. The minimum Gasteiger partial charge on any atom is -0.396 e. The Balaban J connectivity index is 1.26. The number of benzene rings is 1. The van der Waals surface area contributed by atoms with Gasteiger partial charge in [0.05, 0.1) is 25.0 Å². The number of carbonyl (C=O) groups excluding carboxylic acids is 1. The summed E-state index contributed by atoms with van der Waals surface area (Å²) in [5.74, 6) is -0.265. The molecule has 192 valence electrons. The highest BCUT2D eigenvalue weighted by Gasteiger charge is 2.40. The van der Waals surface area contributed by atoms with Crippen LogP contribution in [-0.4, -0.2) is 65.8 Å². The number of nitrogens with zero attached hydrogens (tertiary/aromatic N) is 5. The normalized spacial score (nSPS) is 21.0. The zero-order chi connectivity index (χ0) is 25.5. The SMILES string of the molecule is CC1(CNC(=O)C(F)(F)F)CCN(c2cnc3c(n2)CN=C3N2CCC(CO)c3ccccc32)CC1. The van der Waals surface area contributed by atoms with Gasteiger partial charge in [0.1, 0.15) is 11.5 Å². The number of halogens is 3. The Morgan fingerprint density at radius 2 is 1.97 bits per heavy atom. The Kier molecular flexibility index (Phi) is 6.36. The molecule has 1 amide bonds. The summed E-state index contributed by atoms with van der Waals surface area (Å²) in [5.41, 5.74) is 3.29. The highest BCUT2D eigenvalue weighted by molar-refractivity contribution is 6.11. The van der Waals surface area contributed by atoms with E-state index in [4.69, 9.17) is 15.0 Å². The van der Waals surface area contributed by atoms with Gasteiger partial charge in [0.25, 0.3) is 0 Å². The summed E-state index contributed by atoms with van der Waals surface area (Å²) in [6.07, 6.45) is -1.05. The number of hydrogen-bond donors (Lipinski definition) is 2. The van der Waals surface area contributed by atoms with E-state index in [1.54, 1.807) is 6.20 Å². The van der Waals surface area contributed by atoms with E-state index < -0.39 is 17.5 Å². The first-order chi connectivity index (χ1) is 17.2. The number of nitrogens with one attached hydrogen (secondary N) is 1. The molecule has 11 heteroatoms. The molecule has 1 saturated heterocycles. The molecule has 0 bridgehead atoms. The van der Waals surface area contributed by atoms with E-state index in [2.05, 4.69) is 9.80 Å². The number of fused-ring (bicyclic) bond motifs is 2. The van der Waals surface area contributed by atoms with Crippen LogP contribution in [0.4, 0.5) is 24.7 Å². The van der Waals surface area contributed by atoms with Crippen molar-refractivity contribution in [1.82, 2.24) is 15.3 Å². The minimum atomic E-state index is -4.87. The summed E-state index contributed by atoms with van der Waals surface area (Å²) in [6.45, 7) is 4.39. The fourth-order valence-electron chi connectivity index (χ4n) is 5.20. The van der Waals surface area contributed by atoms with Crippen LogP contribution < -0.4 is 15.1 Å². The van der Waals surface area contributed by atoms with Gasteiger partial charge in [-0.25, -0.2) is 9.97 Å². The third-order valence-corrected chi connectivity index (χ3v) is 7.49. The zero-order valence-corrected chi connectivity index (χ0v) is 20.1. The molecule has 8 nitrogen and oxygen atoms in total. The van der Waals surface area contributed by atoms with Crippen molar-refractivity contribution >= 4 is 23.2 Å². The van der Waals surface area contributed by atoms with Gasteiger partial charge in [0.15, 0.2) is 5.84 Å². The third-order valence-electron chi connectivity index (χ3n) is 7.49. The van der Waals surface area contributed by atoms with E-state index in [1.807, 2.05) is 36.5 Å². The van der Waals surface area contributed by atoms with Gasteiger partial charge in [-0.2, -0.15) is 13.2 Å². The molecular formula is C25H29F3N6O2. The fourth-order valence-corrected chi connectivity index (χ4v) is 5.20. The second-order valence-corrected chi connectivity index (χ2v) is 10.0. The van der Waals surface area contributed by atoms with Crippen molar-refractivity contribution in [3.05, 3.63) is 47.4 Å². The lowest BCUT2D eigenvalue weighted by atomic mass is 9.80. The van der Waals surface area contributed by atoms with Gasteiger partial charge < -0.3 is 20.2 Å². The lowest BCUT2D eigenvalue weighted by Gasteiger charge is -2.40. The second kappa shape index (κ2) is 9.34. The molecule has 0 spiro atoms. The Hall–Kier alpha value is -3.21. The molecule has 0 radical (unpaired) electrons. The molecule has 3 aliphatic rings. The predicted molar refractivity (Wildman–Crippen MR) is 129 cm³/mol. The average molecular weight is 503 g/mol.